The second-order valence-corrected chi connectivity index (χ2v) is 7.23. The third kappa shape index (κ3) is 4.15. The van der Waals surface area contributed by atoms with E-state index in [0.29, 0.717) is 0 Å². The Morgan fingerprint density at radius 1 is 0.923 bits per heavy atom. The van der Waals surface area contributed by atoms with Crippen LogP contribution in [0.4, 0.5) is 5.82 Å². The summed E-state index contributed by atoms with van der Waals surface area (Å²) in [5, 5.41) is 9.09. The molecule has 0 unspecified atom stereocenters. The summed E-state index contributed by atoms with van der Waals surface area (Å²) >= 11 is 3.66. The van der Waals surface area contributed by atoms with E-state index in [-0.39, 0.29) is 0 Å². The smallest absolute Gasteiger partial charge is 0.156 e. The molecule has 3 aromatic rings. The number of aromatic nitrogens is 3. The molecular formula is C21H25BrN4. The zero-order chi connectivity index (χ0) is 18.4. The molecule has 0 spiro atoms. The summed E-state index contributed by atoms with van der Waals surface area (Å²) in [4.78, 5) is 2.41. The molecule has 0 saturated heterocycles. The highest BCUT2D eigenvalue weighted by Crippen LogP contribution is 2.29. The predicted octanol–water partition coefficient (Wildman–Crippen LogP) is 5.25. The Hall–Kier alpha value is -2.14. The summed E-state index contributed by atoms with van der Waals surface area (Å²) < 4.78 is 3.00. The summed E-state index contributed by atoms with van der Waals surface area (Å²) in [6.07, 6.45) is 2.96. The first-order valence-corrected chi connectivity index (χ1v) is 10.0. The van der Waals surface area contributed by atoms with Crippen LogP contribution in [-0.4, -0.2) is 28.1 Å². The number of nitrogens with zero attached hydrogens (tertiary/aromatic N) is 4. The molecule has 0 aliphatic heterocycles. The van der Waals surface area contributed by atoms with E-state index < -0.39 is 0 Å². The first-order valence-electron chi connectivity index (χ1n) is 9.23. The van der Waals surface area contributed by atoms with Crippen LogP contribution in [-0.2, 0) is 6.42 Å². The first kappa shape index (κ1) is 18.6. The number of hydrogen-bond acceptors (Lipinski definition) is 3. The van der Waals surface area contributed by atoms with Crippen LogP contribution < -0.4 is 4.90 Å². The first-order chi connectivity index (χ1) is 12.7. The second-order valence-electron chi connectivity index (χ2n) is 6.37. The molecule has 136 valence electrons. The Morgan fingerprint density at radius 2 is 1.58 bits per heavy atom. The number of halogens is 1. The van der Waals surface area contributed by atoms with Crippen LogP contribution in [0.15, 0.2) is 59.1 Å². The molecule has 1 aromatic heterocycles. The van der Waals surface area contributed by atoms with Crippen LogP contribution in [0.25, 0.3) is 5.69 Å². The van der Waals surface area contributed by atoms with Crippen LogP contribution in [0.5, 0.6) is 0 Å². The van der Waals surface area contributed by atoms with Crippen molar-refractivity contribution in [2.75, 3.05) is 18.0 Å². The van der Waals surface area contributed by atoms with Crippen LogP contribution >= 0.6 is 15.9 Å². The maximum absolute atomic E-state index is 4.56. The van der Waals surface area contributed by atoms with Crippen LogP contribution in [0.1, 0.15) is 37.9 Å². The Labute approximate surface area is 164 Å². The van der Waals surface area contributed by atoms with Crippen molar-refractivity contribution >= 4 is 21.7 Å². The van der Waals surface area contributed by atoms with Crippen molar-refractivity contribution in [2.45, 2.75) is 33.1 Å². The second kappa shape index (κ2) is 8.99. The van der Waals surface area contributed by atoms with Gasteiger partial charge in [0.15, 0.2) is 5.82 Å². The third-order valence-electron chi connectivity index (χ3n) is 4.30. The molecule has 0 bridgehead atoms. The van der Waals surface area contributed by atoms with Gasteiger partial charge in [0, 0.05) is 24.0 Å². The zero-order valence-corrected chi connectivity index (χ0v) is 17.0. The van der Waals surface area contributed by atoms with E-state index >= 15 is 0 Å². The van der Waals surface area contributed by atoms with Crippen molar-refractivity contribution in [3.05, 3.63) is 70.3 Å². The molecule has 4 nitrogen and oxygen atoms in total. The summed E-state index contributed by atoms with van der Waals surface area (Å²) in [7, 11) is 0. The summed E-state index contributed by atoms with van der Waals surface area (Å²) in [5.41, 5.74) is 3.29. The number of para-hydroxylation sites is 1. The summed E-state index contributed by atoms with van der Waals surface area (Å²) in [6, 6.07) is 18.6. The molecule has 0 aliphatic rings. The molecule has 0 atom stereocenters. The Kier molecular flexibility index (Phi) is 6.45. The van der Waals surface area contributed by atoms with Crippen molar-refractivity contribution in [1.82, 2.24) is 15.0 Å². The van der Waals surface area contributed by atoms with Gasteiger partial charge < -0.3 is 4.90 Å². The van der Waals surface area contributed by atoms with Crippen molar-refractivity contribution in [2.24, 2.45) is 0 Å². The number of hydrogen-bond donors (Lipinski definition) is 0. The van der Waals surface area contributed by atoms with Gasteiger partial charge in [-0.05, 0) is 46.5 Å². The Balaban J connectivity index is 2.08. The lowest BCUT2D eigenvalue weighted by Crippen LogP contribution is -2.28. The Bertz CT molecular complexity index is 823. The zero-order valence-electron chi connectivity index (χ0n) is 15.4. The van der Waals surface area contributed by atoms with Gasteiger partial charge in [0.25, 0.3) is 0 Å². The van der Waals surface area contributed by atoms with Crippen molar-refractivity contribution in [3.63, 3.8) is 0 Å². The van der Waals surface area contributed by atoms with Crippen molar-refractivity contribution in [1.29, 1.82) is 0 Å². The van der Waals surface area contributed by atoms with E-state index in [1.165, 1.54) is 5.56 Å². The number of anilines is 1. The maximum atomic E-state index is 4.56. The van der Waals surface area contributed by atoms with Gasteiger partial charge in [-0.15, -0.1) is 5.10 Å². The molecule has 5 heteroatoms. The maximum Gasteiger partial charge on any atom is 0.156 e. The molecule has 0 amide bonds. The minimum atomic E-state index is 0.782. The highest BCUT2D eigenvalue weighted by atomic mass is 79.9. The van der Waals surface area contributed by atoms with E-state index in [2.05, 4.69) is 75.3 Å². The lowest BCUT2D eigenvalue weighted by Gasteiger charge is -2.25. The topological polar surface area (TPSA) is 34.0 Å². The lowest BCUT2D eigenvalue weighted by atomic mass is 10.1. The highest BCUT2D eigenvalue weighted by molar-refractivity contribution is 9.10. The minimum absolute atomic E-state index is 0.782. The monoisotopic (exact) mass is 412 g/mol. The van der Waals surface area contributed by atoms with Gasteiger partial charge in [-0.1, -0.05) is 61.5 Å². The molecule has 0 N–H and O–H groups in total. The molecule has 3 rings (SSSR count). The molecule has 1 heterocycles. The fraction of sp³-hybridized carbons (Fsp3) is 0.333. The van der Waals surface area contributed by atoms with Crippen LogP contribution in [0, 0.1) is 0 Å². The fourth-order valence-corrected chi connectivity index (χ4v) is 3.63. The van der Waals surface area contributed by atoms with Gasteiger partial charge in [0.2, 0.25) is 0 Å². The van der Waals surface area contributed by atoms with E-state index in [1.807, 2.05) is 28.9 Å². The van der Waals surface area contributed by atoms with E-state index in [9.17, 15) is 0 Å². The molecule has 0 saturated carbocycles. The largest absolute Gasteiger partial charge is 0.355 e. The molecular weight excluding hydrogens is 388 g/mol. The number of benzene rings is 2. The summed E-state index contributed by atoms with van der Waals surface area (Å²) in [5.74, 6) is 1.10. The van der Waals surface area contributed by atoms with Crippen LogP contribution in [0.2, 0.25) is 0 Å². The Morgan fingerprint density at radius 3 is 2.23 bits per heavy atom. The van der Waals surface area contributed by atoms with Gasteiger partial charge in [-0.25, -0.2) is 0 Å². The molecule has 0 radical (unpaired) electrons. The van der Waals surface area contributed by atoms with Gasteiger partial charge in [-0.2, -0.15) is 4.68 Å². The van der Waals surface area contributed by atoms with Crippen molar-refractivity contribution < 1.29 is 0 Å². The SMILES string of the molecule is CCCN(CCC)c1c(Cc2ccccc2)nnn1-c1ccccc1Br. The lowest BCUT2D eigenvalue weighted by molar-refractivity contribution is 0.703. The van der Waals surface area contributed by atoms with Gasteiger partial charge in [-0.3, -0.25) is 0 Å². The molecule has 2 aromatic carbocycles. The molecule has 0 fully saturated rings. The average molecular weight is 413 g/mol. The predicted molar refractivity (Wildman–Crippen MR) is 111 cm³/mol. The quantitative estimate of drug-likeness (QED) is 0.506. The van der Waals surface area contributed by atoms with Crippen molar-refractivity contribution in [3.8, 4) is 5.69 Å². The average Bonchev–Trinajstić information content (AvgIpc) is 3.06. The number of rotatable bonds is 8. The third-order valence-corrected chi connectivity index (χ3v) is 4.97. The van der Waals surface area contributed by atoms with Gasteiger partial charge in [0.1, 0.15) is 5.69 Å². The van der Waals surface area contributed by atoms with E-state index in [0.717, 1.165) is 54.0 Å². The van der Waals surface area contributed by atoms with Gasteiger partial charge >= 0.3 is 0 Å². The minimum Gasteiger partial charge on any atom is -0.355 e. The molecule has 26 heavy (non-hydrogen) atoms. The van der Waals surface area contributed by atoms with E-state index in [4.69, 9.17) is 0 Å². The van der Waals surface area contributed by atoms with Crippen LogP contribution in [0.3, 0.4) is 0 Å². The summed E-state index contributed by atoms with van der Waals surface area (Å²) in [6.45, 7) is 6.42. The van der Waals surface area contributed by atoms with E-state index in [1.54, 1.807) is 0 Å². The fourth-order valence-electron chi connectivity index (χ4n) is 3.18. The highest BCUT2D eigenvalue weighted by Gasteiger charge is 2.21. The standard InChI is InChI=1S/C21H25BrN4/c1-3-14-25(15-4-2)21-19(16-17-10-6-5-7-11-17)23-24-26(21)20-13-9-8-12-18(20)22/h5-13H,3-4,14-16H2,1-2H3. The molecule has 0 aliphatic carbocycles. The normalized spacial score (nSPS) is 10.9. The van der Waals surface area contributed by atoms with Gasteiger partial charge in [0.05, 0.1) is 5.69 Å².